The third-order valence-electron chi connectivity index (χ3n) is 3.32. The lowest BCUT2D eigenvalue weighted by Gasteiger charge is -2.42. The van der Waals surface area contributed by atoms with Gasteiger partial charge in [0.2, 0.25) is 12.2 Å². The molecule has 7 nitrogen and oxygen atoms in total. The van der Waals surface area contributed by atoms with Gasteiger partial charge in [-0.3, -0.25) is 4.79 Å². The number of halogens is 1. The average molecular weight is 332 g/mol. The van der Waals surface area contributed by atoms with Gasteiger partial charge in [0.05, 0.1) is 6.61 Å². The van der Waals surface area contributed by atoms with Crippen LogP contribution in [0.15, 0.2) is 24.3 Å². The summed E-state index contributed by atoms with van der Waals surface area (Å²) >= 11 is 5.79. The SMILES string of the molecule is CC(=O)N[C@H]1[C@@H](Oc2ccc(Cl)cc2)O[C@H](CO)[C@H](O)[C@H]1O. The number of hydrogen-bond acceptors (Lipinski definition) is 6. The van der Waals surface area contributed by atoms with Crippen molar-refractivity contribution in [2.75, 3.05) is 6.61 Å². The lowest BCUT2D eigenvalue weighted by Crippen LogP contribution is -2.65. The first-order chi connectivity index (χ1) is 10.4. The highest BCUT2D eigenvalue weighted by Crippen LogP contribution is 2.25. The topological polar surface area (TPSA) is 108 Å². The number of carbonyl (C=O) groups excluding carboxylic acids is 1. The van der Waals surface area contributed by atoms with Gasteiger partial charge in [0, 0.05) is 11.9 Å². The Labute approximate surface area is 132 Å². The van der Waals surface area contributed by atoms with E-state index in [0.717, 1.165) is 0 Å². The molecule has 0 aromatic heterocycles. The normalized spacial score (nSPS) is 31.6. The van der Waals surface area contributed by atoms with Crippen LogP contribution in [0.25, 0.3) is 0 Å². The largest absolute Gasteiger partial charge is 0.463 e. The number of rotatable bonds is 4. The fourth-order valence-electron chi connectivity index (χ4n) is 2.22. The summed E-state index contributed by atoms with van der Waals surface area (Å²) in [5.41, 5.74) is 0. The van der Waals surface area contributed by atoms with Gasteiger partial charge in [-0.25, -0.2) is 0 Å². The van der Waals surface area contributed by atoms with Gasteiger partial charge in [0.1, 0.15) is 30.1 Å². The highest BCUT2D eigenvalue weighted by Gasteiger charge is 2.46. The van der Waals surface area contributed by atoms with Crippen molar-refractivity contribution >= 4 is 17.5 Å². The Balaban J connectivity index is 2.18. The van der Waals surface area contributed by atoms with Crippen molar-refractivity contribution < 1.29 is 29.6 Å². The summed E-state index contributed by atoms with van der Waals surface area (Å²) < 4.78 is 11.0. The summed E-state index contributed by atoms with van der Waals surface area (Å²) in [7, 11) is 0. The summed E-state index contributed by atoms with van der Waals surface area (Å²) in [5.74, 6) is -0.00274. The summed E-state index contributed by atoms with van der Waals surface area (Å²) in [6.45, 7) is 0.780. The second-order valence-electron chi connectivity index (χ2n) is 5.00. The Bertz CT molecular complexity index is 511. The molecule has 1 aromatic rings. The zero-order valence-corrected chi connectivity index (χ0v) is 12.6. The van der Waals surface area contributed by atoms with E-state index in [1.807, 2.05) is 0 Å². The Kier molecular flexibility index (Phi) is 5.60. The van der Waals surface area contributed by atoms with Crippen molar-refractivity contribution in [3.63, 3.8) is 0 Å². The molecule has 8 heteroatoms. The second kappa shape index (κ2) is 7.26. The molecule has 1 aliphatic rings. The summed E-state index contributed by atoms with van der Waals surface area (Å²) in [4.78, 5) is 11.3. The molecule has 22 heavy (non-hydrogen) atoms. The van der Waals surface area contributed by atoms with Crippen molar-refractivity contribution in [2.24, 2.45) is 0 Å². The molecule has 1 amide bonds. The van der Waals surface area contributed by atoms with Crippen molar-refractivity contribution in [2.45, 2.75) is 37.6 Å². The van der Waals surface area contributed by atoms with Gasteiger partial charge in [-0.1, -0.05) is 11.6 Å². The van der Waals surface area contributed by atoms with E-state index in [9.17, 15) is 20.1 Å². The zero-order chi connectivity index (χ0) is 16.3. The molecule has 5 atom stereocenters. The molecule has 0 radical (unpaired) electrons. The molecule has 1 fully saturated rings. The molecule has 2 rings (SSSR count). The van der Waals surface area contributed by atoms with Gasteiger partial charge in [-0.15, -0.1) is 0 Å². The molecule has 122 valence electrons. The molecular weight excluding hydrogens is 314 g/mol. The Morgan fingerprint density at radius 3 is 2.50 bits per heavy atom. The minimum Gasteiger partial charge on any atom is -0.463 e. The maximum absolute atomic E-state index is 11.3. The molecule has 4 N–H and O–H groups in total. The average Bonchev–Trinajstić information content (AvgIpc) is 2.48. The molecule has 0 bridgehead atoms. The van der Waals surface area contributed by atoms with E-state index in [4.69, 9.17) is 21.1 Å². The molecule has 1 aromatic carbocycles. The molecule has 0 spiro atoms. The number of ether oxygens (including phenoxy) is 2. The lowest BCUT2D eigenvalue weighted by atomic mass is 9.97. The number of amides is 1. The van der Waals surface area contributed by atoms with E-state index in [2.05, 4.69) is 5.32 Å². The highest BCUT2D eigenvalue weighted by molar-refractivity contribution is 6.30. The predicted molar refractivity (Wildman–Crippen MR) is 77.4 cm³/mol. The fraction of sp³-hybridized carbons (Fsp3) is 0.500. The van der Waals surface area contributed by atoms with Crippen LogP contribution in [0.5, 0.6) is 5.75 Å². The van der Waals surface area contributed by atoms with Crippen LogP contribution in [0.2, 0.25) is 5.02 Å². The molecule has 0 saturated carbocycles. The molecule has 0 aliphatic carbocycles. The number of carbonyl (C=O) groups is 1. The summed E-state index contributed by atoms with van der Waals surface area (Å²) in [6, 6.07) is 5.44. The smallest absolute Gasteiger partial charge is 0.223 e. The minimum atomic E-state index is -1.34. The monoisotopic (exact) mass is 331 g/mol. The van der Waals surface area contributed by atoms with Crippen molar-refractivity contribution in [1.82, 2.24) is 5.32 Å². The standard InChI is InChI=1S/C14H18ClNO6/c1-7(18)16-11-13(20)12(19)10(6-17)22-14(11)21-9-4-2-8(15)3-5-9/h2-5,10-14,17,19-20H,6H2,1H3,(H,16,18)/t10-,11-,12+,13+,14+/m1/s1. The van der Waals surface area contributed by atoms with Crippen LogP contribution < -0.4 is 10.1 Å². The number of aliphatic hydroxyl groups excluding tert-OH is 3. The first-order valence-electron chi connectivity index (χ1n) is 6.74. The lowest BCUT2D eigenvalue weighted by molar-refractivity contribution is -0.244. The number of hydrogen-bond donors (Lipinski definition) is 4. The molecule has 1 heterocycles. The van der Waals surface area contributed by atoms with Gasteiger partial charge in [0.25, 0.3) is 0 Å². The van der Waals surface area contributed by atoms with Gasteiger partial charge < -0.3 is 30.1 Å². The minimum absolute atomic E-state index is 0.407. The van der Waals surface area contributed by atoms with Crippen LogP contribution in [0, 0.1) is 0 Å². The van der Waals surface area contributed by atoms with Crippen LogP contribution in [-0.2, 0) is 9.53 Å². The number of benzene rings is 1. The van der Waals surface area contributed by atoms with Crippen LogP contribution >= 0.6 is 11.6 Å². The van der Waals surface area contributed by atoms with Crippen LogP contribution in [0.1, 0.15) is 6.92 Å². The van der Waals surface area contributed by atoms with Crippen LogP contribution in [0.3, 0.4) is 0 Å². The predicted octanol–water partition coefficient (Wildman–Crippen LogP) is -0.338. The van der Waals surface area contributed by atoms with Gasteiger partial charge in [-0.2, -0.15) is 0 Å². The summed E-state index contributed by atoms with van der Waals surface area (Å²) in [5, 5.41) is 32.2. The third kappa shape index (κ3) is 3.88. The van der Waals surface area contributed by atoms with E-state index >= 15 is 0 Å². The maximum Gasteiger partial charge on any atom is 0.223 e. The second-order valence-corrected chi connectivity index (χ2v) is 5.44. The van der Waals surface area contributed by atoms with E-state index in [1.54, 1.807) is 24.3 Å². The molecule has 1 aliphatic heterocycles. The van der Waals surface area contributed by atoms with E-state index in [1.165, 1.54) is 6.92 Å². The van der Waals surface area contributed by atoms with E-state index < -0.39 is 43.2 Å². The Morgan fingerprint density at radius 2 is 1.95 bits per heavy atom. The fourth-order valence-corrected chi connectivity index (χ4v) is 2.34. The van der Waals surface area contributed by atoms with Crippen LogP contribution in [-0.4, -0.2) is 58.5 Å². The quantitative estimate of drug-likeness (QED) is 0.601. The molecule has 0 unspecified atom stereocenters. The van der Waals surface area contributed by atoms with Gasteiger partial charge >= 0.3 is 0 Å². The van der Waals surface area contributed by atoms with E-state index in [0.29, 0.717) is 10.8 Å². The van der Waals surface area contributed by atoms with Gasteiger partial charge in [-0.05, 0) is 24.3 Å². The summed E-state index contributed by atoms with van der Waals surface area (Å²) in [6.07, 6.45) is -4.77. The highest BCUT2D eigenvalue weighted by atomic mass is 35.5. The zero-order valence-electron chi connectivity index (χ0n) is 11.8. The third-order valence-corrected chi connectivity index (χ3v) is 3.57. The van der Waals surface area contributed by atoms with Gasteiger partial charge in [0.15, 0.2) is 0 Å². The number of nitrogens with one attached hydrogen (secondary N) is 1. The molecular formula is C14H18ClNO6. The van der Waals surface area contributed by atoms with Crippen molar-refractivity contribution in [3.8, 4) is 5.75 Å². The van der Waals surface area contributed by atoms with E-state index in [-0.39, 0.29) is 0 Å². The number of aliphatic hydroxyl groups is 3. The Hall–Kier alpha value is -1.38. The first kappa shape index (κ1) is 17.0. The first-order valence-corrected chi connectivity index (χ1v) is 7.12. The van der Waals surface area contributed by atoms with Crippen molar-refractivity contribution in [1.29, 1.82) is 0 Å². The van der Waals surface area contributed by atoms with Crippen LogP contribution in [0.4, 0.5) is 0 Å². The Morgan fingerprint density at radius 1 is 1.32 bits per heavy atom. The molecule has 1 saturated heterocycles. The maximum atomic E-state index is 11.3. The van der Waals surface area contributed by atoms with Crippen molar-refractivity contribution in [3.05, 3.63) is 29.3 Å².